The van der Waals surface area contributed by atoms with Crippen molar-refractivity contribution in [3.8, 4) is 0 Å². The van der Waals surface area contributed by atoms with Crippen molar-refractivity contribution in [2.75, 3.05) is 6.61 Å². The zero-order chi connectivity index (χ0) is 10.7. The molecule has 1 rings (SSSR count). The van der Waals surface area contributed by atoms with Crippen molar-refractivity contribution in [2.45, 2.75) is 26.1 Å². The van der Waals surface area contributed by atoms with Crippen molar-refractivity contribution < 1.29 is 14.3 Å². The van der Waals surface area contributed by atoms with Gasteiger partial charge in [0.25, 0.3) is 0 Å². The molecule has 0 amide bonds. The highest BCUT2D eigenvalue weighted by Gasteiger charge is 2.40. The van der Waals surface area contributed by atoms with E-state index >= 15 is 0 Å². The molecule has 0 aromatic heterocycles. The minimum Gasteiger partial charge on any atom is -0.456 e. The van der Waals surface area contributed by atoms with Crippen LogP contribution in [0.15, 0.2) is 24.8 Å². The van der Waals surface area contributed by atoms with Gasteiger partial charge in [-0.2, -0.15) is 0 Å². The summed E-state index contributed by atoms with van der Waals surface area (Å²) < 4.78 is 10.6. The summed E-state index contributed by atoms with van der Waals surface area (Å²) in [5, 5.41) is 0. The molecular formula is C11H16O3. The number of cyclic esters (lactones) is 1. The van der Waals surface area contributed by atoms with E-state index in [4.69, 9.17) is 9.47 Å². The Morgan fingerprint density at radius 3 is 2.79 bits per heavy atom. The SMILES string of the molecule is C=CCOC1C(=C)C(=O)O[C@H]1C(C)C. The van der Waals surface area contributed by atoms with Crippen LogP contribution in [0.5, 0.6) is 0 Å². The Kier molecular flexibility index (Phi) is 3.47. The van der Waals surface area contributed by atoms with Gasteiger partial charge < -0.3 is 9.47 Å². The Hall–Kier alpha value is -1.09. The van der Waals surface area contributed by atoms with E-state index in [2.05, 4.69) is 13.2 Å². The molecule has 0 radical (unpaired) electrons. The summed E-state index contributed by atoms with van der Waals surface area (Å²) in [6.07, 6.45) is 1.11. The zero-order valence-corrected chi connectivity index (χ0v) is 8.66. The largest absolute Gasteiger partial charge is 0.456 e. The summed E-state index contributed by atoms with van der Waals surface area (Å²) >= 11 is 0. The summed E-state index contributed by atoms with van der Waals surface area (Å²) in [6.45, 7) is 11.6. The van der Waals surface area contributed by atoms with Crippen LogP contribution >= 0.6 is 0 Å². The first-order valence-electron chi connectivity index (χ1n) is 4.70. The monoisotopic (exact) mass is 196 g/mol. The molecule has 1 heterocycles. The van der Waals surface area contributed by atoms with Gasteiger partial charge in [-0.05, 0) is 5.92 Å². The summed E-state index contributed by atoms with van der Waals surface area (Å²) in [7, 11) is 0. The highest BCUT2D eigenvalue weighted by Crippen LogP contribution is 2.27. The van der Waals surface area contributed by atoms with Gasteiger partial charge in [-0.25, -0.2) is 4.79 Å². The van der Waals surface area contributed by atoms with E-state index in [1.54, 1.807) is 6.08 Å². The quantitative estimate of drug-likeness (QED) is 0.390. The molecule has 0 N–H and O–H groups in total. The van der Waals surface area contributed by atoms with Crippen molar-refractivity contribution >= 4 is 5.97 Å². The van der Waals surface area contributed by atoms with Crippen LogP contribution in [0, 0.1) is 5.92 Å². The smallest absolute Gasteiger partial charge is 0.336 e. The first-order chi connectivity index (χ1) is 6.57. The minimum absolute atomic E-state index is 0.213. The summed E-state index contributed by atoms with van der Waals surface area (Å²) in [5.74, 6) is -0.120. The number of esters is 1. The van der Waals surface area contributed by atoms with Crippen LogP contribution in [0.1, 0.15) is 13.8 Å². The van der Waals surface area contributed by atoms with Crippen LogP contribution < -0.4 is 0 Å². The third kappa shape index (κ3) is 2.04. The fourth-order valence-corrected chi connectivity index (χ4v) is 1.43. The van der Waals surface area contributed by atoms with Crippen molar-refractivity contribution in [2.24, 2.45) is 5.92 Å². The maximum absolute atomic E-state index is 11.2. The van der Waals surface area contributed by atoms with Crippen molar-refractivity contribution in [1.82, 2.24) is 0 Å². The highest BCUT2D eigenvalue weighted by molar-refractivity contribution is 5.91. The molecule has 0 spiro atoms. The molecule has 3 nitrogen and oxygen atoms in total. The second-order valence-electron chi connectivity index (χ2n) is 3.68. The zero-order valence-electron chi connectivity index (χ0n) is 8.66. The number of carbonyl (C=O) groups is 1. The van der Waals surface area contributed by atoms with Crippen LogP contribution in [-0.2, 0) is 14.3 Å². The molecule has 1 fully saturated rings. The van der Waals surface area contributed by atoms with E-state index in [0.717, 1.165) is 0 Å². The fraction of sp³-hybridized carbons (Fsp3) is 0.545. The summed E-state index contributed by atoms with van der Waals surface area (Å²) in [6, 6.07) is 0. The molecule has 0 aromatic carbocycles. The highest BCUT2D eigenvalue weighted by atomic mass is 16.6. The Bertz CT molecular complexity index is 255. The Morgan fingerprint density at radius 2 is 2.29 bits per heavy atom. The molecule has 14 heavy (non-hydrogen) atoms. The Morgan fingerprint density at radius 1 is 1.64 bits per heavy atom. The van der Waals surface area contributed by atoms with Gasteiger partial charge in [0, 0.05) is 0 Å². The van der Waals surface area contributed by atoms with E-state index in [0.29, 0.717) is 12.2 Å². The van der Waals surface area contributed by atoms with Crippen LogP contribution in [0.3, 0.4) is 0 Å². The molecule has 1 aliphatic heterocycles. The van der Waals surface area contributed by atoms with Gasteiger partial charge in [0.1, 0.15) is 12.2 Å². The first kappa shape index (κ1) is 11.0. The topological polar surface area (TPSA) is 35.5 Å². The molecule has 0 aromatic rings. The van der Waals surface area contributed by atoms with E-state index in [1.807, 2.05) is 13.8 Å². The molecule has 3 heteroatoms. The average molecular weight is 196 g/mol. The maximum atomic E-state index is 11.2. The van der Waals surface area contributed by atoms with E-state index in [-0.39, 0.29) is 24.1 Å². The summed E-state index contributed by atoms with van der Waals surface area (Å²) in [5.41, 5.74) is 0.408. The van der Waals surface area contributed by atoms with Gasteiger partial charge in [0.2, 0.25) is 0 Å². The summed E-state index contributed by atoms with van der Waals surface area (Å²) in [4.78, 5) is 11.2. The normalized spacial score (nSPS) is 26.8. The van der Waals surface area contributed by atoms with Crippen LogP contribution in [0.4, 0.5) is 0 Å². The molecule has 0 bridgehead atoms. The predicted molar refractivity (Wildman–Crippen MR) is 53.8 cm³/mol. The molecule has 1 saturated heterocycles. The van der Waals surface area contributed by atoms with Crippen molar-refractivity contribution in [1.29, 1.82) is 0 Å². The first-order valence-corrected chi connectivity index (χ1v) is 4.70. The second kappa shape index (κ2) is 4.42. The third-order valence-corrected chi connectivity index (χ3v) is 2.20. The number of carbonyl (C=O) groups excluding carboxylic acids is 1. The van der Waals surface area contributed by atoms with Gasteiger partial charge in [0.15, 0.2) is 0 Å². The minimum atomic E-state index is -0.349. The lowest BCUT2D eigenvalue weighted by atomic mass is 10.00. The molecule has 1 aliphatic rings. The predicted octanol–water partition coefficient (Wildman–Crippen LogP) is 1.70. The Balaban J connectivity index is 2.70. The lowest BCUT2D eigenvalue weighted by molar-refractivity contribution is -0.142. The number of hydrogen-bond acceptors (Lipinski definition) is 3. The molecule has 2 atom stereocenters. The average Bonchev–Trinajstić information content (AvgIpc) is 2.41. The van der Waals surface area contributed by atoms with Gasteiger partial charge >= 0.3 is 5.97 Å². The van der Waals surface area contributed by atoms with E-state index in [1.165, 1.54) is 0 Å². The van der Waals surface area contributed by atoms with Crippen LogP contribution in [-0.4, -0.2) is 24.8 Å². The number of rotatable bonds is 4. The molecule has 0 saturated carbocycles. The van der Waals surface area contributed by atoms with Gasteiger partial charge in [-0.3, -0.25) is 0 Å². The molecular weight excluding hydrogens is 180 g/mol. The standard InChI is InChI=1S/C11H16O3/c1-5-6-13-10-8(4)11(12)14-9(10)7(2)3/h5,7,9-10H,1,4,6H2,2-3H3/t9-,10?/m0/s1. The third-order valence-electron chi connectivity index (χ3n) is 2.20. The van der Waals surface area contributed by atoms with Gasteiger partial charge in [-0.15, -0.1) is 6.58 Å². The van der Waals surface area contributed by atoms with Crippen molar-refractivity contribution in [3.05, 3.63) is 24.8 Å². The second-order valence-corrected chi connectivity index (χ2v) is 3.68. The Labute approximate surface area is 84.4 Å². The lowest BCUT2D eigenvalue weighted by Gasteiger charge is -2.20. The van der Waals surface area contributed by atoms with Crippen LogP contribution in [0.25, 0.3) is 0 Å². The van der Waals surface area contributed by atoms with E-state index in [9.17, 15) is 4.79 Å². The number of hydrogen-bond donors (Lipinski definition) is 0. The maximum Gasteiger partial charge on any atom is 0.336 e. The molecule has 0 aliphatic carbocycles. The lowest BCUT2D eigenvalue weighted by Crippen LogP contribution is -2.30. The van der Waals surface area contributed by atoms with Crippen molar-refractivity contribution in [3.63, 3.8) is 0 Å². The van der Waals surface area contributed by atoms with E-state index < -0.39 is 0 Å². The van der Waals surface area contributed by atoms with Gasteiger partial charge in [-0.1, -0.05) is 26.5 Å². The molecule has 1 unspecified atom stereocenters. The van der Waals surface area contributed by atoms with Crippen LogP contribution in [0.2, 0.25) is 0 Å². The number of ether oxygens (including phenoxy) is 2. The fourth-order valence-electron chi connectivity index (χ4n) is 1.43. The molecule has 78 valence electrons. The van der Waals surface area contributed by atoms with Gasteiger partial charge in [0.05, 0.1) is 12.2 Å².